The number of aliphatic carboxylic acids is 1. The Morgan fingerprint density at radius 1 is 0.756 bits per heavy atom. The number of nitrogens with one attached hydrogen (secondary N) is 2. The Balaban J connectivity index is 0. The fraction of sp³-hybridized carbons (Fsp3) is 0.818. The standard InChI is InChI=1S/C10H18O5.C8H14O2.C7H10N2O2.C6H10O.2CH4/c1-9(2,3)14-7(11)13-8(12)15-10(4,5)6;1-7(2,6(9)10)8(3)4-5-8;1-7(2-3-7)4-5(10)9-6(11)8-4;1-5(7)6(2)3-4-6;;/h1-6H3;4-5H2,1-3H3,(H,9,10);4H,2-3H2,1H3,(H2,8,9,10,11);3-4H2,1-2H3;2*1H4. The average molecular weight is 645 g/mol. The third-order valence-corrected chi connectivity index (χ3v) is 8.35. The molecule has 1 aliphatic heterocycles. The second kappa shape index (κ2) is 15.4. The first-order valence-electron chi connectivity index (χ1n) is 14.7. The van der Waals surface area contributed by atoms with Crippen LogP contribution in [0.15, 0.2) is 0 Å². The van der Waals surface area contributed by atoms with Crippen LogP contribution in [-0.4, -0.2) is 58.4 Å². The molecule has 0 spiro atoms. The quantitative estimate of drug-likeness (QED) is 0.159. The van der Waals surface area contributed by atoms with Gasteiger partial charge in [0, 0.05) is 5.41 Å². The number of imide groups is 1. The van der Waals surface area contributed by atoms with E-state index in [0.717, 1.165) is 38.5 Å². The van der Waals surface area contributed by atoms with Crippen molar-refractivity contribution in [3.05, 3.63) is 0 Å². The number of ether oxygens (including phenoxy) is 3. The normalized spacial score (nSPS) is 20.8. The maximum atomic E-state index is 11.1. The molecular formula is C33H60N2O10. The van der Waals surface area contributed by atoms with Crippen molar-refractivity contribution in [2.45, 2.75) is 154 Å². The van der Waals surface area contributed by atoms with Gasteiger partial charge in [-0.2, -0.15) is 0 Å². The van der Waals surface area contributed by atoms with Gasteiger partial charge in [-0.3, -0.25) is 19.7 Å². The van der Waals surface area contributed by atoms with E-state index in [1.807, 2.05) is 34.6 Å². The van der Waals surface area contributed by atoms with Crippen LogP contribution in [0.2, 0.25) is 0 Å². The van der Waals surface area contributed by atoms with E-state index in [0.29, 0.717) is 5.78 Å². The molecule has 3 amide bonds. The first-order valence-corrected chi connectivity index (χ1v) is 14.7. The number of urea groups is 1. The van der Waals surface area contributed by atoms with Crippen LogP contribution in [0.4, 0.5) is 14.4 Å². The molecule has 12 heteroatoms. The van der Waals surface area contributed by atoms with Crippen LogP contribution in [0, 0.1) is 21.7 Å². The Bertz CT molecular complexity index is 1060. The maximum absolute atomic E-state index is 11.1. The van der Waals surface area contributed by atoms with Gasteiger partial charge in [0.15, 0.2) is 0 Å². The lowest BCUT2D eigenvalue weighted by Crippen LogP contribution is -2.36. The van der Waals surface area contributed by atoms with Crippen molar-refractivity contribution in [3.63, 3.8) is 0 Å². The molecular weight excluding hydrogens is 584 g/mol. The summed E-state index contributed by atoms with van der Waals surface area (Å²) in [5.74, 6) is -0.491. The van der Waals surface area contributed by atoms with Gasteiger partial charge >= 0.3 is 24.3 Å². The molecule has 3 aliphatic carbocycles. The van der Waals surface area contributed by atoms with E-state index in [1.165, 1.54) is 0 Å². The highest BCUT2D eigenvalue weighted by molar-refractivity contribution is 6.04. The molecule has 45 heavy (non-hydrogen) atoms. The van der Waals surface area contributed by atoms with Gasteiger partial charge in [-0.1, -0.05) is 35.6 Å². The van der Waals surface area contributed by atoms with Gasteiger partial charge in [-0.15, -0.1) is 0 Å². The van der Waals surface area contributed by atoms with Crippen LogP contribution in [0.5, 0.6) is 0 Å². The van der Waals surface area contributed by atoms with Gasteiger partial charge < -0.3 is 24.6 Å². The third kappa shape index (κ3) is 14.6. The lowest BCUT2D eigenvalue weighted by Gasteiger charge is -2.26. The lowest BCUT2D eigenvalue weighted by atomic mass is 9.77. The van der Waals surface area contributed by atoms with Crippen molar-refractivity contribution in [1.29, 1.82) is 0 Å². The number of carboxylic acid groups (broad SMARTS) is 1. The summed E-state index contributed by atoms with van der Waals surface area (Å²) in [6.45, 7) is 21.4. The highest BCUT2D eigenvalue weighted by Gasteiger charge is 2.54. The molecule has 3 N–H and O–H groups in total. The van der Waals surface area contributed by atoms with Gasteiger partial charge in [-0.05, 0) is 112 Å². The number of carbonyl (C=O) groups is 6. The molecule has 1 atom stereocenters. The van der Waals surface area contributed by atoms with E-state index in [1.54, 1.807) is 48.5 Å². The molecule has 1 heterocycles. The molecule has 1 unspecified atom stereocenters. The van der Waals surface area contributed by atoms with Crippen LogP contribution in [0.3, 0.4) is 0 Å². The molecule has 4 aliphatic rings. The minimum Gasteiger partial charge on any atom is -0.481 e. The van der Waals surface area contributed by atoms with Gasteiger partial charge in [0.05, 0.1) is 5.41 Å². The molecule has 3 saturated carbocycles. The SMILES string of the molecule is C.C.CC(=O)C1(C)CC1.CC(C)(C)OC(=O)OC(=O)OC(C)(C)C.CC1(C(C)(C)C(=O)O)CC1.CC1(C2NC(=O)NC2=O)CC1. The largest absolute Gasteiger partial charge is 0.519 e. The highest BCUT2D eigenvalue weighted by atomic mass is 16.8. The summed E-state index contributed by atoms with van der Waals surface area (Å²) in [7, 11) is 0. The number of hydrogen-bond donors (Lipinski definition) is 3. The van der Waals surface area contributed by atoms with Gasteiger partial charge in [0.2, 0.25) is 0 Å². The number of rotatable bonds is 4. The number of ketones is 1. The summed E-state index contributed by atoms with van der Waals surface area (Å²) in [5, 5.41) is 13.6. The fourth-order valence-corrected chi connectivity index (χ4v) is 3.61. The molecule has 1 saturated heterocycles. The second-order valence-corrected chi connectivity index (χ2v) is 15.2. The van der Waals surface area contributed by atoms with Gasteiger partial charge in [0.1, 0.15) is 23.0 Å². The van der Waals surface area contributed by atoms with Crippen molar-refractivity contribution >= 4 is 36.0 Å². The van der Waals surface area contributed by atoms with E-state index in [-0.39, 0.29) is 49.1 Å². The number of carbonyl (C=O) groups excluding carboxylic acids is 5. The molecule has 0 aromatic carbocycles. The minimum atomic E-state index is -1.06. The first kappa shape index (κ1) is 43.9. The predicted octanol–water partition coefficient (Wildman–Crippen LogP) is 7.41. The average Bonchev–Trinajstić information content (AvgIpc) is 3.73. The number of carboxylic acids is 1. The Hall–Kier alpha value is -3.18. The zero-order valence-electron chi connectivity index (χ0n) is 27.9. The summed E-state index contributed by atoms with van der Waals surface area (Å²) < 4.78 is 13.8. The molecule has 4 fully saturated rings. The Morgan fingerprint density at radius 2 is 1.16 bits per heavy atom. The molecule has 0 aromatic rings. The van der Waals surface area contributed by atoms with E-state index in [9.17, 15) is 28.8 Å². The van der Waals surface area contributed by atoms with Crippen LogP contribution in [-0.2, 0) is 28.6 Å². The summed E-state index contributed by atoms with van der Waals surface area (Å²) in [5.41, 5.74) is -1.71. The molecule has 0 radical (unpaired) electrons. The minimum absolute atomic E-state index is 0. The van der Waals surface area contributed by atoms with Crippen LogP contribution >= 0.6 is 0 Å². The topological polar surface area (TPSA) is 174 Å². The number of hydrogen-bond acceptors (Lipinski definition) is 9. The maximum Gasteiger partial charge on any atom is 0.519 e. The van der Waals surface area contributed by atoms with Crippen molar-refractivity contribution in [1.82, 2.24) is 10.6 Å². The molecule has 0 bridgehead atoms. The van der Waals surface area contributed by atoms with E-state index in [2.05, 4.69) is 15.4 Å². The summed E-state index contributed by atoms with van der Waals surface area (Å²) >= 11 is 0. The summed E-state index contributed by atoms with van der Waals surface area (Å²) in [4.78, 5) is 65.0. The fourth-order valence-electron chi connectivity index (χ4n) is 3.61. The Morgan fingerprint density at radius 3 is 1.33 bits per heavy atom. The molecule has 4 rings (SSSR count). The van der Waals surface area contributed by atoms with E-state index >= 15 is 0 Å². The molecule has 0 aromatic heterocycles. The first-order chi connectivity index (χ1) is 19.2. The van der Waals surface area contributed by atoms with E-state index in [4.69, 9.17) is 14.6 Å². The number of amides is 3. The van der Waals surface area contributed by atoms with Crippen molar-refractivity contribution < 1.29 is 48.1 Å². The zero-order valence-corrected chi connectivity index (χ0v) is 27.9. The Labute approximate surface area is 270 Å². The second-order valence-electron chi connectivity index (χ2n) is 15.2. The van der Waals surface area contributed by atoms with Gasteiger partial charge in [0.25, 0.3) is 5.91 Å². The predicted molar refractivity (Wildman–Crippen MR) is 172 cm³/mol. The summed E-state index contributed by atoms with van der Waals surface area (Å²) in [6, 6.07) is -0.636. The van der Waals surface area contributed by atoms with Crippen LogP contribution in [0.25, 0.3) is 0 Å². The highest BCUT2D eigenvalue weighted by Crippen LogP contribution is 2.58. The van der Waals surface area contributed by atoms with Crippen LogP contribution in [0.1, 0.15) is 136 Å². The Kier molecular flexibility index (Phi) is 15.0. The number of Topliss-reactive ketones (excluding diaryl/α,β-unsaturated/α-hetero) is 1. The smallest absolute Gasteiger partial charge is 0.481 e. The van der Waals surface area contributed by atoms with Crippen molar-refractivity contribution in [2.75, 3.05) is 0 Å². The molecule has 262 valence electrons. The van der Waals surface area contributed by atoms with E-state index < -0.39 is 34.9 Å². The van der Waals surface area contributed by atoms with Crippen LogP contribution < -0.4 is 10.6 Å². The van der Waals surface area contributed by atoms with Crippen molar-refractivity contribution in [2.24, 2.45) is 21.7 Å². The third-order valence-electron chi connectivity index (χ3n) is 8.35. The van der Waals surface area contributed by atoms with Gasteiger partial charge in [-0.25, -0.2) is 14.4 Å². The lowest BCUT2D eigenvalue weighted by molar-refractivity contribution is -0.150. The monoisotopic (exact) mass is 644 g/mol. The zero-order chi connectivity index (χ0) is 33.8. The summed E-state index contributed by atoms with van der Waals surface area (Å²) in [6.07, 6.45) is 4.30. The molecule has 12 nitrogen and oxygen atoms in total. The van der Waals surface area contributed by atoms with Crippen molar-refractivity contribution in [3.8, 4) is 0 Å².